The molecule has 2 heterocycles. The molecule has 0 amide bonds. The van der Waals surface area contributed by atoms with E-state index in [1.165, 1.54) is 13.1 Å². The van der Waals surface area contributed by atoms with Gasteiger partial charge < -0.3 is 19.8 Å². The second-order valence-electron chi connectivity index (χ2n) is 4.61. The summed E-state index contributed by atoms with van der Waals surface area (Å²) in [4.78, 5) is 33.7. The molecule has 5 atom stereocenters. The summed E-state index contributed by atoms with van der Waals surface area (Å²) in [7, 11) is -3.40. The molecule has 2 unspecified atom stereocenters. The Balaban J connectivity index is 2.21. The van der Waals surface area contributed by atoms with Crippen LogP contribution in [0, 0.1) is 6.92 Å². The number of hydrogen-bond acceptors (Lipinski definition) is 7. The van der Waals surface area contributed by atoms with Crippen LogP contribution in [0.3, 0.4) is 0 Å². The number of rotatable bonds is 4. The van der Waals surface area contributed by atoms with E-state index in [4.69, 9.17) is 9.63 Å². The van der Waals surface area contributed by atoms with Crippen molar-refractivity contribution in [2.75, 3.05) is 0 Å². The molecular weight excluding hydrogens is 307 g/mol. The molecule has 1 aliphatic rings. The van der Waals surface area contributed by atoms with Crippen molar-refractivity contribution in [1.82, 2.24) is 9.55 Å². The Morgan fingerprint density at radius 2 is 2.24 bits per heavy atom. The minimum atomic E-state index is -3.40. The summed E-state index contributed by atoms with van der Waals surface area (Å²) in [5.74, 6) is 0. The van der Waals surface area contributed by atoms with Crippen LogP contribution >= 0.6 is 8.25 Å². The van der Waals surface area contributed by atoms with Crippen molar-refractivity contribution in [2.45, 2.75) is 38.1 Å². The van der Waals surface area contributed by atoms with Gasteiger partial charge in [-0.25, -0.2) is 4.79 Å². The summed E-state index contributed by atoms with van der Waals surface area (Å²) in [6.45, 7) is 1.49. The maximum Gasteiger partial charge on any atom is 0.330 e. The lowest BCUT2D eigenvalue weighted by atomic mass is 10.2. The normalized spacial score (nSPS) is 28.5. The zero-order valence-corrected chi connectivity index (χ0v) is 11.9. The molecule has 1 aromatic rings. The number of nitrogens with zero attached hydrogens (tertiary/aromatic N) is 1. The van der Waals surface area contributed by atoms with Gasteiger partial charge in [-0.2, -0.15) is 0 Å². The first-order valence-corrected chi connectivity index (χ1v) is 7.29. The van der Waals surface area contributed by atoms with Crippen LogP contribution in [0.1, 0.15) is 18.2 Å². The summed E-state index contributed by atoms with van der Waals surface area (Å²) < 4.78 is 21.2. The predicted octanol–water partition coefficient (Wildman–Crippen LogP) is -1.79. The molecule has 4 N–H and O–H groups in total. The first-order chi connectivity index (χ1) is 9.79. The molecule has 0 aliphatic carbocycles. The highest BCUT2D eigenvalue weighted by Gasteiger charge is 2.41. The third-order valence-corrected chi connectivity index (χ3v) is 3.54. The molecule has 2 rings (SSSR count). The Morgan fingerprint density at radius 1 is 1.57 bits per heavy atom. The van der Waals surface area contributed by atoms with Crippen LogP contribution in [0.5, 0.6) is 0 Å². The van der Waals surface area contributed by atoms with E-state index in [9.17, 15) is 24.4 Å². The minimum Gasteiger partial charge on any atom is -0.390 e. The number of ether oxygens (including phenoxy) is 1. The molecule has 118 valence electrons. The fourth-order valence-electron chi connectivity index (χ4n) is 2.08. The second-order valence-corrected chi connectivity index (χ2v) is 5.38. The van der Waals surface area contributed by atoms with E-state index in [0.29, 0.717) is 0 Å². The first kappa shape index (κ1) is 16.1. The van der Waals surface area contributed by atoms with E-state index < -0.39 is 44.2 Å². The van der Waals surface area contributed by atoms with Crippen molar-refractivity contribution in [2.24, 2.45) is 0 Å². The molecule has 10 nitrogen and oxygen atoms in total. The van der Waals surface area contributed by atoms with Crippen LogP contribution in [0.4, 0.5) is 0 Å². The quantitative estimate of drug-likeness (QED) is 0.375. The van der Waals surface area contributed by atoms with Crippen molar-refractivity contribution >= 4 is 8.25 Å². The summed E-state index contributed by atoms with van der Waals surface area (Å²) in [5.41, 5.74) is -0.989. The molecule has 1 aromatic heterocycles. The Morgan fingerprint density at radius 3 is 2.86 bits per heavy atom. The highest BCUT2D eigenvalue weighted by atomic mass is 31.1. The standard InChI is InChI=1S/C10H15N2O8P/c1-4-3-12(10(16)11-8(4)14)6-2-5(13)7(19-6)9(15)20-21(17)18/h3,5-7,9,13,15,21H,2H2,1H3,(H,17,18)(H,11,14,16)/t5-,6+,7-,9?/m0/s1. The third kappa shape index (κ3) is 3.49. The molecule has 0 bridgehead atoms. The van der Waals surface area contributed by atoms with Crippen LogP contribution in [0.25, 0.3) is 0 Å². The number of aliphatic hydroxyl groups is 2. The van der Waals surface area contributed by atoms with Crippen molar-refractivity contribution in [3.63, 3.8) is 0 Å². The lowest BCUT2D eigenvalue weighted by molar-refractivity contribution is -0.155. The molecule has 1 aliphatic heterocycles. The highest BCUT2D eigenvalue weighted by Crippen LogP contribution is 2.32. The number of nitrogens with one attached hydrogen (secondary N) is 1. The van der Waals surface area contributed by atoms with Gasteiger partial charge in [-0.3, -0.25) is 23.4 Å². The van der Waals surface area contributed by atoms with Crippen LogP contribution in [-0.2, 0) is 13.8 Å². The number of aromatic amines is 1. The van der Waals surface area contributed by atoms with Gasteiger partial charge in [-0.15, -0.1) is 0 Å². The van der Waals surface area contributed by atoms with E-state index >= 15 is 0 Å². The average molecular weight is 322 g/mol. The number of aromatic nitrogens is 2. The zero-order chi connectivity index (χ0) is 15.7. The van der Waals surface area contributed by atoms with Gasteiger partial charge in [0, 0.05) is 18.2 Å². The van der Waals surface area contributed by atoms with Gasteiger partial charge in [0.2, 0.25) is 0 Å². The maximum atomic E-state index is 11.7. The number of aliphatic hydroxyl groups excluding tert-OH is 2. The van der Waals surface area contributed by atoms with Crippen LogP contribution in [0.15, 0.2) is 15.8 Å². The molecule has 1 fully saturated rings. The van der Waals surface area contributed by atoms with E-state index in [1.54, 1.807) is 0 Å². The molecule has 0 spiro atoms. The smallest absolute Gasteiger partial charge is 0.330 e. The number of aryl methyl sites for hydroxylation is 1. The fraction of sp³-hybridized carbons (Fsp3) is 0.600. The van der Waals surface area contributed by atoms with Gasteiger partial charge in [0.1, 0.15) is 12.3 Å². The summed E-state index contributed by atoms with van der Waals surface area (Å²) in [5, 5.41) is 19.3. The van der Waals surface area contributed by atoms with Gasteiger partial charge in [-0.05, 0) is 6.92 Å². The lowest BCUT2D eigenvalue weighted by Gasteiger charge is -2.20. The number of hydrogen-bond donors (Lipinski definition) is 4. The van der Waals surface area contributed by atoms with Gasteiger partial charge >= 0.3 is 13.9 Å². The van der Waals surface area contributed by atoms with E-state index in [1.807, 2.05) is 0 Å². The highest BCUT2D eigenvalue weighted by molar-refractivity contribution is 7.32. The van der Waals surface area contributed by atoms with Gasteiger partial charge in [-0.1, -0.05) is 0 Å². The minimum absolute atomic E-state index is 0.0527. The van der Waals surface area contributed by atoms with Crippen LogP contribution in [-0.4, -0.2) is 43.2 Å². The van der Waals surface area contributed by atoms with Crippen molar-refractivity contribution in [3.05, 3.63) is 32.6 Å². The monoisotopic (exact) mass is 322 g/mol. The van der Waals surface area contributed by atoms with Crippen LogP contribution in [0.2, 0.25) is 0 Å². The zero-order valence-electron chi connectivity index (χ0n) is 10.9. The topological polar surface area (TPSA) is 151 Å². The van der Waals surface area contributed by atoms with E-state index in [2.05, 4.69) is 9.51 Å². The van der Waals surface area contributed by atoms with Gasteiger partial charge in [0.25, 0.3) is 5.56 Å². The molecule has 1 saturated heterocycles. The maximum absolute atomic E-state index is 11.7. The predicted molar refractivity (Wildman–Crippen MR) is 68.9 cm³/mol. The Labute approximate surface area is 118 Å². The third-order valence-electron chi connectivity index (χ3n) is 3.10. The summed E-state index contributed by atoms with van der Waals surface area (Å²) in [6.07, 6.45) is -4.01. The van der Waals surface area contributed by atoms with E-state index in [-0.39, 0.29) is 12.0 Å². The number of H-pyrrole nitrogens is 1. The molecule has 0 saturated carbocycles. The molecule has 21 heavy (non-hydrogen) atoms. The van der Waals surface area contributed by atoms with Gasteiger partial charge in [0.05, 0.1) is 6.10 Å². The first-order valence-electron chi connectivity index (χ1n) is 6.03. The molecule has 11 heteroatoms. The Bertz CT molecular complexity index is 655. The van der Waals surface area contributed by atoms with Crippen LogP contribution < -0.4 is 11.2 Å². The molecule has 0 radical (unpaired) electrons. The largest absolute Gasteiger partial charge is 0.390 e. The van der Waals surface area contributed by atoms with Crippen molar-refractivity contribution in [3.8, 4) is 0 Å². The molecule has 0 aromatic carbocycles. The average Bonchev–Trinajstić information content (AvgIpc) is 2.75. The van der Waals surface area contributed by atoms with Crippen molar-refractivity contribution < 1.29 is 28.9 Å². The SMILES string of the molecule is Cc1cn([C@H]2C[C@H](O)[C@@H](C(O)O[PH](=O)O)O2)c(=O)[nH]c1=O. The summed E-state index contributed by atoms with van der Waals surface area (Å²) in [6, 6.07) is 0. The Kier molecular flexibility index (Phi) is 4.77. The van der Waals surface area contributed by atoms with Gasteiger partial charge in [0.15, 0.2) is 6.29 Å². The van der Waals surface area contributed by atoms with E-state index in [0.717, 1.165) is 4.57 Å². The Hall–Kier alpha value is -1.29. The lowest BCUT2D eigenvalue weighted by Crippen LogP contribution is -2.36. The molecular formula is C10H15N2O8P. The van der Waals surface area contributed by atoms with Crippen molar-refractivity contribution in [1.29, 1.82) is 0 Å². The fourth-order valence-corrected chi connectivity index (χ4v) is 2.42. The summed E-state index contributed by atoms with van der Waals surface area (Å²) >= 11 is 0. The second kappa shape index (κ2) is 6.22.